The Morgan fingerprint density at radius 1 is 1.07 bits per heavy atom. The molecule has 0 bridgehead atoms. The molecule has 2 heterocycles. The molecule has 4 rings (SSSR count). The third-order valence-corrected chi connectivity index (χ3v) is 7.20. The van der Waals surface area contributed by atoms with E-state index in [1.165, 1.54) is 22.5 Å². The third kappa shape index (κ3) is 3.83. The van der Waals surface area contributed by atoms with Crippen LogP contribution in [0.5, 0.6) is 0 Å². The third-order valence-electron chi connectivity index (χ3n) is 5.30. The largest absolute Gasteiger partial charge is 0.358 e. The van der Waals surface area contributed by atoms with Crippen molar-refractivity contribution in [3.05, 3.63) is 65.6 Å². The Balaban J connectivity index is 1.43. The van der Waals surface area contributed by atoms with Gasteiger partial charge in [0.1, 0.15) is 5.82 Å². The molecule has 152 valence electrons. The van der Waals surface area contributed by atoms with Gasteiger partial charge in [0.15, 0.2) is 5.78 Å². The monoisotopic (exact) mass is 415 g/mol. The first-order valence-electron chi connectivity index (χ1n) is 9.45. The summed E-state index contributed by atoms with van der Waals surface area (Å²) in [5, 5.41) is 0.905. The normalized spacial score (nSPS) is 16.3. The second kappa shape index (κ2) is 7.70. The minimum absolute atomic E-state index is 0.0152. The fraction of sp³-hybridized carbons (Fsp3) is 0.286. The summed E-state index contributed by atoms with van der Waals surface area (Å²) >= 11 is 0. The molecule has 2 aromatic carbocycles. The lowest BCUT2D eigenvalue weighted by molar-refractivity contribution is 0.0903. The minimum Gasteiger partial charge on any atom is -0.358 e. The molecule has 1 saturated heterocycles. The number of carbonyl (C=O) groups is 1. The molecule has 0 amide bonds. The Morgan fingerprint density at radius 3 is 2.52 bits per heavy atom. The Bertz CT molecular complexity index is 1160. The van der Waals surface area contributed by atoms with Crippen LogP contribution in [0.4, 0.5) is 4.39 Å². The zero-order valence-electron chi connectivity index (χ0n) is 16.1. The number of H-pyrrole nitrogens is 1. The highest BCUT2D eigenvalue weighted by Gasteiger charge is 2.30. The number of fused-ring (bicyclic) bond motifs is 1. The predicted octanol–water partition coefficient (Wildman–Crippen LogP) is 2.80. The average Bonchev–Trinajstić information content (AvgIpc) is 3.04. The number of aromatic amines is 1. The number of aryl methyl sites for hydroxylation is 1. The van der Waals surface area contributed by atoms with Gasteiger partial charge >= 0.3 is 0 Å². The molecule has 0 unspecified atom stereocenters. The standard InChI is InChI=1S/C21H22FN3O3S/c1-15-21(18-7-2-3-8-19(18)23-15)20(26)14-24-9-11-25(12-10-24)29(27,28)17-6-4-5-16(22)13-17/h2-8,13,23H,9-12,14H2,1H3. The molecular weight excluding hydrogens is 393 g/mol. The Kier molecular flexibility index (Phi) is 5.24. The molecule has 1 aliphatic heterocycles. The van der Waals surface area contributed by atoms with E-state index in [0.717, 1.165) is 22.7 Å². The highest BCUT2D eigenvalue weighted by atomic mass is 32.2. The van der Waals surface area contributed by atoms with E-state index in [4.69, 9.17) is 0 Å². The van der Waals surface area contributed by atoms with Gasteiger partial charge in [0.05, 0.1) is 11.4 Å². The van der Waals surface area contributed by atoms with Gasteiger partial charge < -0.3 is 4.98 Å². The van der Waals surface area contributed by atoms with E-state index in [9.17, 15) is 17.6 Å². The molecular formula is C21H22FN3O3S. The summed E-state index contributed by atoms with van der Waals surface area (Å²) in [5.41, 5.74) is 2.46. The molecule has 1 aliphatic rings. The smallest absolute Gasteiger partial charge is 0.243 e. The number of rotatable bonds is 5. The number of piperazine rings is 1. The maximum Gasteiger partial charge on any atom is 0.243 e. The summed E-state index contributed by atoms with van der Waals surface area (Å²) < 4.78 is 40.2. The number of nitrogens with zero attached hydrogens (tertiary/aromatic N) is 2. The van der Waals surface area contributed by atoms with Gasteiger partial charge in [-0.3, -0.25) is 9.69 Å². The molecule has 0 atom stereocenters. The first kappa shape index (κ1) is 19.8. The lowest BCUT2D eigenvalue weighted by Gasteiger charge is -2.33. The van der Waals surface area contributed by atoms with Crippen LogP contribution >= 0.6 is 0 Å². The van der Waals surface area contributed by atoms with Crippen molar-refractivity contribution in [1.29, 1.82) is 0 Å². The first-order chi connectivity index (χ1) is 13.9. The predicted molar refractivity (Wildman–Crippen MR) is 109 cm³/mol. The molecule has 1 fully saturated rings. The zero-order valence-corrected chi connectivity index (χ0v) is 16.9. The number of nitrogens with one attached hydrogen (secondary N) is 1. The lowest BCUT2D eigenvalue weighted by atomic mass is 10.1. The van der Waals surface area contributed by atoms with E-state index in [2.05, 4.69) is 4.98 Å². The van der Waals surface area contributed by atoms with Gasteiger partial charge in [0.2, 0.25) is 10.0 Å². The van der Waals surface area contributed by atoms with Crippen molar-refractivity contribution in [2.45, 2.75) is 11.8 Å². The van der Waals surface area contributed by atoms with Gasteiger partial charge in [0.25, 0.3) is 0 Å². The number of hydrogen-bond donors (Lipinski definition) is 1. The van der Waals surface area contributed by atoms with Crippen molar-refractivity contribution < 1.29 is 17.6 Å². The quantitative estimate of drug-likeness (QED) is 0.651. The van der Waals surface area contributed by atoms with Gasteiger partial charge in [0, 0.05) is 48.3 Å². The van der Waals surface area contributed by atoms with E-state index in [1.807, 2.05) is 36.1 Å². The SMILES string of the molecule is Cc1[nH]c2ccccc2c1C(=O)CN1CCN(S(=O)(=O)c2cccc(F)c2)CC1. The molecule has 0 radical (unpaired) electrons. The van der Waals surface area contributed by atoms with Gasteiger partial charge in [-0.15, -0.1) is 0 Å². The molecule has 1 aromatic heterocycles. The highest BCUT2D eigenvalue weighted by Crippen LogP contribution is 2.23. The number of carbonyl (C=O) groups excluding carboxylic acids is 1. The number of aromatic nitrogens is 1. The van der Waals surface area contributed by atoms with Crippen LogP contribution in [0, 0.1) is 12.7 Å². The van der Waals surface area contributed by atoms with Gasteiger partial charge in [-0.05, 0) is 31.2 Å². The summed E-state index contributed by atoms with van der Waals surface area (Å²) in [5.74, 6) is -0.564. The van der Waals surface area contributed by atoms with Crippen molar-refractivity contribution in [3.8, 4) is 0 Å². The van der Waals surface area contributed by atoms with Gasteiger partial charge in [-0.2, -0.15) is 4.31 Å². The van der Waals surface area contributed by atoms with Crippen molar-refractivity contribution in [1.82, 2.24) is 14.2 Å². The number of para-hydroxylation sites is 1. The van der Waals surface area contributed by atoms with Crippen LogP contribution in [0.1, 0.15) is 16.1 Å². The second-order valence-electron chi connectivity index (χ2n) is 7.23. The summed E-state index contributed by atoms with van der Waals surface area (Å²) in [4.78, 5) is 18.1. The Labute approximate surface area is 169 Å². The highest BCUT2D eigenvalue weighted by molar-refractivity contribution is 7.89. The topological polar surface area (TPSA) is 73.5 Å². The minimum atomic E-state index is -3.74. The Hall–Kier alpha value is -2.55. The van der Waals surface area contributed by atoms with Crippen LogP contribution in [0.3, 0.4) is 0 Å². The maximum atomic E-state index is 13.4. The number of hydrogen-bond acceptors (Lipinski definition) is 4. The fourth-order valence-corrected chi connectivity index (χ4v) is 5.28. The van der Waals surface area contributed by atoms with E-state index in [0.29, 0.717) is 18.7 Å². The van der Waals surface area contributed by atoms with Crippen LogP contribution in [-0.2, 0) is 10.0 Å². The van der Waals surface area contributed by atoms with Crippen LogP contribution in [0.25, 0.3) is 10.9 Å². The average molecular weight is 415 g/mol. The molecule has 0 saturated carbocycles. The molecule has 3 aromatic rings. The van der Waals surface area contributed by atoms with Crippen molar-refractivity contribution in [2.75, 3.05) is 32.7 Å². The Morgan fingerprint density at radius 2 is 1.79 bits per heavy atom. The molecule has 0 spiro atoms. The maximum absolute atomic E-state index is 13.4. The summed E-state index contributed by atoms with van der Waals surface area (Å²) in [6.07, 6.45) is 0. The molecule has 6 nitrogen and oxygen atoms in total. The van der Waals surface area contributed by atoms with Crippen LogP contribution in [0.2, 0.25) is 0 Å². The van der Waals surface area contributed by atoms with E-state index in [-0.39, 0.29) is 30.3 Å². The molecule has 1 N–H and O–H groups in total. The second-order valence-corrected chi connectivity index (χ2v) is 9.17. The number of sulfonamides is 1. The van der Waals surface area contributed by atoms with E-state index >= 15 is 0 Å². The van der Waals surface area contributed by atoms with Gasteiger partial charge in [-0.1, -0.05) is 24.3 Å². The van der Waals surface area contributed by atoms with Crippen molar-refractivity contribution in [2.24, 2.45) is 0 Å². The van der Waals surface area contributed by atoms with E-state index < -0.39 is 15.8 Å². The number of ketones is 1. The zero-order chi connectivity index (χ0) is 20.6. The number of halogens is 1. The summed E-state index contributed by atoms with van der Waals surface area (Å²) in [7, 11) is -3.74. The molecule has 8 heteroatoms. The van der Waals surface area contributed by atoms with E-state index in [1.54, 1.807) is 0 Å². The summed E-state index contributed by atoms with van der Waals surface area (Å²) in [6, 6.07) is 12.7. The number of Topliss-reactive ketones (excluding diaryl/α,β-unsaturated/α-hetero) is 1. The van der Waals surface area contributed by atoms with Gasteiger partial charge in [-0.25, -0.2) is 12.8 Å². The fourth-order valence-electron chi connectivity index (χ4n) is 3.82. The first-order valence-corrected chi connectivity index (χ1v) is 10.9. The molecule has 29 heavy (non-hydrogen) atoms. The van der Waals surface area contributed by atoms with Crippen LogP contribution in [-0.4, -0.2) is 61.1 Å². The number of benzene rings is 2. The van der Waals surface area contributed by atoms with Crippen molar-refractivity contribution in [3.63, 3.8) is 0 Å². The molecule has 0 aliphatic carbocycles. The lowest BCUT2D eigenvalue weighted by Crippen LogP contribution is -2.49. The summed E-state index contributed by atoms with van der Waals surface area (Å²) in [6.45, 7) is 3.54. The van der Waals surface area contributed by atoms with Crippen LogP contribution in [0.15, 0.2) is 53.4 Å². The van der Waals surface area contributed by atoms with Crippen molar-refractivity contribution >= 4 is 26.7 Å². The van der Waals surface area contributed by atoms with Crippen LogP contribution < -0.4 is 0 Å².